The van der Waals surface area contributed by atoms with Crippen LogP contribution in [0.15, 0.2) is 52.0 Å². The van der Waals surface area contributed by atoms with Crippen molar-refractivity contribution in [2.24, 2.45) is 0 Å². The average Bonchev–Trinajstić information content (AvgIpc) is 2.99. The summed E-state index contributed by atoms with van der Waals surface area (Å²) in [5.74, 6) is 1.89. The molecule has 1 aliphatic rings. The molecule has 0 amide bonds. The molecule has 2 aromatic rings. The fourth-order valence-corrected chi connectivity index (χ4v) is 3.60. The van der Waals surface area contributed by atoms with E-state index in [4.69, 9.17) is 4.42 Å². The smallest absolute Gasteiger partial charge is 0.123 e. The van der Waals surface area contributed by atoms with Crippen molar-refractivity contribution in [2.45, 2.75) is 23.4 Å². The van der Waals surface area contributed by atoms with Crippen LogP contribution in [0.5, 0.6) is 0 Å². The van der Waals surface area contributed by atoms with Gasteiger partial charge in [0.1, 0.15) is 5.76 Å². The van der Waals surface area contributed by atoms with E-state index in [9.17, 15) is 5.11 Å². The van der Waals surface area contributed by atoms with E-state index in [1.54, 1.807) is 6.26 Å². The summed E-state index contributed by atoms with van der Waals surface area (Å²) < 4.78 is 5.39. The van der Waals surface area contributed by atoms with E-state index in [0.717, 1.165) is 17.9 Å². The SMILES string of the molecule is OCC(NC1CCSc2ccccc21)c1ccco1. The van der Waals surface area contributed by atoms with Crippen LogP contribution in [-0.4, -0.2) is 17.5 Å². The van der Waals surface area contributed by atoms with Gasteiger partial charge in [-0.1, -0.05) is 18.2 Å². The number of fused-ring (bicyclic) bond motifs is 1. The number of hydrogen-bond donors (Lipinski definition) is 2. The highest BCUT2D eigenvalue weighted by atomic mass is 32.2. The normalized spacial score (nSPS) is 19.9. The number of hydrogen-bond acceptors (Lipinski definition) is 4. The lowest BCUT2D eigenvalue weighted by Crippen LogP contribution is -2.30. The second kappa shape index (κ2) is 5.82. The Morgan fingerprint density at radius 2 is 2.21 bits per heavy atom. The summed E-state index contributed by atoms with van der Waals surface area (Å²) >= 11 is 1.90. The number of benzene rings is 1. The summed E-state index contributed by atoms with van der Waals surface area (Å²) in [7, 11) is 0. The van der Waals surface area contributed by atoms with Gasteiger partial charge in [-0.3, -0.25) is 5.32 Å². The van der Waals surface area contributed by atoms with E-state index in [2.05, 4.69) is 29.6 Å². The van der Waals surface area contributed by atoms with Gasteiger partial charge in [-0.15, -0.1) is 11.8 Å². The van der Waals surface area contributed by atoms with Crippen LogP contribution in [-0.2, 0) is 0 Å². The maximum atomic E-state index is 9.55. The van der Waals surface area contributed by atoms with Gasteiger partial charge >= 0.3 is 0 Å². The van der Waals surface area contributed by atoms with Gasteiger partial charge in [0.05, 0.1) is 18.9 Å². The number of furan rings is 1. The molecule has 1 aromatic carbocycles. The minimum atomic E-state index is -0.142. The molecule has 2 atom stereocenters. The third-order valence-corrected chi connectivity index (χ3v) is 4.55. The molecule has 0 saturated carbocycles. The summed E-state index contributed by atoms with van der Waals surface area (Å²) in [6.07, 6.45) is 2.71. The first-order valence-corrected chi connectivity index (χ1v) is 7.49. The van der Waals surface area contributed by atoms with Crippen LogP contribution < -0.4 is 5.32 Å². The molecular weight excluding hydrogens is 258 g/mol. The number of aliphatic hydroxyl groups excluding tert-OH is 1. The van der Waals surface area contributed by atoms with E-state index >= 15 is 0 Å². The maximum Gasteiger partial charge on any atom is 0.123 e. The van der Waals surface area contributed by atoms with Crippen molar-refractivity contribution in [3.63, 3.8) is 0 Å². The average molecular weight is 275 g/mol. The second-order valence-electron chi connectivity index (χ2n) is 4.64. The molecule has 0 fully saturated rings. The lowest BCUT2D eigenvalue weighted by molar-refractivity contribution is 0.213. The third kappa shape index (κ3) is 2.71. The van der Waals surface area contributed by atoms with Gasteiger partial charge in [0, 0.05) is 10.9 Å². The van der Waals surface area contributed by atoms with Crippen molar-refractivity contribution in [3.05, 3.63) is 54.0 Å². The Hall–Kier alpha value is -1.23. The van der Waals surface area contributed by atoms with Crippen LogP contribution >= 0.6 is 11.8 Å². The molecule has 2 heterocycles. The summed E-state index contributed by atoms with van der Waals surface area (Å²) in [5.41, 5.74) is 1.32. The Morgan fingerprint density at radius 3 is 3.00 bits per heavy atom. The van der Waals surface area contributed by atoms with Gasteiger partial charge in [-0.25, -0.2) is 0 Å². The quantitative estimate of drug-likeness (QED) is 0.900. The predicted molar refractivity (Wildman–Crippen MR) is 76.2 cm³/mol. The van der Waals surface area contributed by atoms with Crippen LogP contribution in [0.3, 0.4) is 0 Å². The largest absolute Gasteiger partial charge is 0.468 e. The molecule has 0 spiro atoms. The highest BCUT2D eigenvalue weighted by Gasteiger charge is 2.24. The van der Waals surface area contributed by atoms with Gasteiger partial charge in [0.25, 0.3) is 0 Å². The fraction of sp³-hybridized carbons (Fsp3) is 0.333. The lowest BCUT2D eigenvalue weighted by Gasteiger charge is -2.28. The van der Waals surface area contributed by atoms with Gasteiger partial charge in [0.15, 0.2) is 0 Å². The summed E-state index contributed by atoms with van der Waals surface area (Å²) in [6.45, 7) is 0.0410. The highest BCUT2D eigenvalue weighted by molar-refractivity contribution is 7.99. The molecule has 2 unspecified atom stereocenters. The Kier molecular flexibility index (Phi) is 3.92. The molecule has 4 heteroatoms. The van der Waals surface area contributed by atoms with Gasteiger partial charge in [-0.05, 0) is 35.9 Å². The van der Waals surface area contributed by atoms with Crippen molar-refractivity contribution in [2.75, 3.05) is 12.4 Å². The number of rotatable bonds is 4. The summed E-state index contributed by atoms with van der Waals surface area (Å²) in [6, 6.07) is 12.4. The minimum Gasteiger partial charge on any atom is -0.468 e. The van der Waals surface area contributed by atoms with Crippen molar-refractivity contribution < 1.29 is 9.52 Å². The predicted octanol–water partition coefficient (Wildman–Crippen LogP) is 3.14. The van der Waals surface area contributed by atoms with Gasteiger partial charge < -0.3 is 9.52 Å². The van der Waals surface area contributed by atoms with Crippen molar-refractivity contribution >= 4 is 11.8 Å². The Balaban J connectivity index is 1.80. The van der Waals surface area contributed by atoms with E-state index in [1.165, 1.54) is 10.5 Å². The third-order valence-electron chi connectivity index (χ3n) is 3.43. The van der Waals surface area contributed by atoms with Gasteiger partial charge in [-0.2, -0.15) is 0 Å². The maximum absolute atomic E-state index is 9.55. The second-order valence-corrected chi connectivity index (χ2v) is 5.78. The number of nitrogens with one attached hydrogen (secondary N) is 1. The zero-order valence-electron chi connectivity index (χ0n) is 10.6. The van der Waals surface area contributed by atoms with Crippen LogP contribution in [0, 0.1) is 0 Å². The van der Waals surface area contributed by atoms with Crippen LogP contribution in [0.25, 0.3) is 0 Å². The van der Waals surface area contributed by atoms with Crippen molar-refractivity contribution in [3.8, 4) is 0 Å². The molecule has 0 bridgehead atoms. The minimum absolute atomic E-state index is 0.0410. The van der Waals surface area contributed by atoms with Gasteiger partial charge in [0.2, 0.25) is 0 Å². The fourth-order valence-electron chi connectivity index (χ4n) is 2.47. The summed E-state index contributed by atoms with van der Waals surface area (Å²) in [4.78, 5) is 1.34. The molecule has 19 heavy (non-hydrogen) atoms. The first-order chi connectivity index (χ1) is 9.38. The highest BCUT2D eigenvalue weighted by Crippen LogP contribution is 2.37. The zero-order chi connectivity index (χ0) is 13.1. The van der Waals surface area contributed by atoms with Crippen LogP contribution in [0.4, 0.5) is 0 Å². The molecule has 1 aliphatic heterocycles. The lowest BCUT2D eigenvalue weighted by atomic mass is 10.0. The van der Waals surface area contributed by atoms with E-state index < -0.39 is 0 Å². The van der Waals surface area contributed by atoms with Crippen LogP contribution in [0.1, 0.15) is 29.8 Å². The Bertz CT molecular complexity index is 527. The molecule has 0 saturated heterocycles. The molecule has 0 radical (unpaired) electrons. The molecule has 100 valence electrons. The van der Waals surface area contributed by atoms with E-state index in [0.29, 0.717) is 0 Å². The molecule has 0 aliphatic carbocycles. The van der Waals surface area contributed by atoms with Crippen LogP contribution in [0.2, 0.25) is 0 Å². The molecule has 3 rings (SSSR count). The Morgan fingerprint density at radius 1 is 1.32 bits per heavy atom. The molecular formula is C15H17NO2S. The van der Waals surface area contributed by atoms with Crippen molar-refractivity contribution in [1.82, 2.24) is 5.32 Å². The monoisotopic (exact) mass is 275 g/mol. The van der Waals surface area contributed by atoms with E-state index in [1.807, 2.05) is 23.9 Å². The summed E-state index contributed by atoms with van der Waals surface area (Å²) in [5, 5.41) is 13.1. The standard InChI is InChI=1S/C15H17NO2S/c17-10-13(14-5-3-8-18-14)16-12-7-9-19-15-6-2-1-4-11(12)15/h1-6,8,12-13,16-17H,7,9-10H2. The number of thioether (sulfide) groups is 1. The zero-order valence-corrected chi connectivity index (χ0v) is 11.4. The van der Waals surface area contributed by atoms with Crippen molar-refractivity contribution in [1.29, 1.82) is 0 Å². The first kappa shape index (κ1) is 12.8. The first-order valence-electron chi connectivity index (χ1n) is 6.50. The Labute approximate surface area is 117 Å². The molecule has 3 nitrogen and oxygen atoms in total. The number of aliphatic hydroxyl groups is 1. The topological polar surface area (TPSA) is 45.4 Å². The molecule has 1 aromatic heterocycles. The molecule has 2 N–H and O–H groups in total. The van der Waals surface area contributed by atoms with E-state index in [-0.39, 0.29) is 18.7 Å².